The molecule has 0 aliphatic rings. The highest BCUT2D eigenvalue weighted by Gasteiger charge is 2.08. The van der Waals surface area contributed by atoms with Crippen molar-refractivity contribution >= 4 is 16.7 Å². The molecule has 1 N–H and O–H groups in total. The Balaban J connectivity index is 2.14. The molecule has 0 spiro atoms. The third-order valence-electron chi connectivity index (χ3n) is 3.31. The van der Waals surface area contributed by atoms with Crippen LogP contribution in [0.1, 0.15) is 6.92 Å². The van der Waals surface area contributed by atoms with Crippen LogP contribution in [-0.4, -0.2) is 37.3 Å². The van der Waals surface area contributed by atoms with Crippen LogP contribution in [0.25, 0.3) is 10.8 Å². The van der Waals surface area contributed by atoms with Gasteiger partial charge >= 0.3 is 0 Å². The maximum absolute atomic E-state index is 12.2. The molecule has 2 rings (SSSR count). The smallest absolute Gasteiger partial charge is 0.258 e. The summed E-state index contributed by atoms with van der Waals surface area (Å²) in [5.74, 6) is 0.302. The van der Waals surface area contributed by atoms with Gasteiger partial charge in [0.05, 0.1) is 12.0 Å². The molecule has 6 nitrogen and oxygen atoms in total. The van der Waals surface area contributed by atoms with Crippen molar-refractivity contribution < 1.29 is 14.3 Å². The Morgan fingerprint density at radius 3 is 2.82 bits per heavy atom. The molecule has 0 bridgehead atoms. The molecule has 22 heavy (non-hydrogen) atoms. The van der Waals surface area contributed by atoms with E-state index < -0.39 is 0 Å². The van der Waals surface area contributed by atoms with Gasteiger partial charge in [-0.25, -0.2) is 0 Å². The summed E-state index contributed by atoms with van der Waals surface area (Å²) >= 11 is 0. The molecule has 1 aromatic carbocycles. The first-order valence-electron chi connectivity index (χ1n) is 7.18. The van der Waals surface area contributed by atoms with Crippen LogP contribution in [0.3, 0.4) is 0 Å². The average Bonchev–Trinajstić information content (AvgIpc) is 2.54. The molecule has 1 amide bonds. The molecule has 0 atom stereocenters. The van der Waals surface area contributed by atoms with Gasteiger partial charge in [-0.1, -0.05) is 6.07 Å². The fourth-order valence-electron chi connectivity index (χ4n) is 2.15. The first-order valence-corrected chi connectivity index (χ1v) is 7.18. The zero-order valence-electron chi connectivity index (χ0n) is 12.8. The van der Waals surface area contributed by atoms with Gasteiger partial charge in [0, 0.05) is 31.8 Å². The van der Waals surface area contributed by atoms with Crippen molar-refractivity contribution in [2.75, 3.05) is 26.9 Å². The van der Waals surface area contributed by atoms with Crippen LogP contribution < -0.4 is 15.6 Å². The van der Waals surface area contributed by atoms with Crippen LogP contribution in [0, 0.1) is 0 Å². The highest BCUT2D eigenvalue weighted by atomic mass is 16.5. The van der Waals surface area contributed by atoms with E-state index in [1.165, 1.54) is 0 Å². The number of fused-ring (bicyclic) bond motifs is 1. The van der Waals surface area contributed by atoms with Gasteiger partial charge in [0.25, 0.3) is 11.5 Å². The van der Waals surface area contributed by atoms with Crippen LogP contribution in [0.4, 0.5) is 0 Å². The van der Waals surface area contributed by atoms with E-state index in [0.717, 1.165) is 0 Å². The second kappa shape index (κ2) is 7.61. The summed E-state index contributed by atoms with van der Waals surface area (Å²) in [6.07, 6.45) is 1.73. The lowest BCUT2D eigenvalue weighted by atomic mass is 10.1. The molecule has 0 fully saturated rings. The van der Waals surface area contributed by atoms with E-state index in [0.29, 0.717) is 36.2 Å². The van der Waals surface area contributed by atoms with Gasteiger partial charge in [0.1, 0.15) is 5.75 Å². The van der Waals surface area contributed by atoms with Crippen molar-refractivity contribution in [2.45, 2.75) is 13.5 Å². The summed E-state index contributed by atoms with van der Waals surface area (Å²) in [6, 6.07) is 7.09. The van der Waals surface area contributed by atoms with Crippen molar-refractivity contribution in [3.05, 3.63) is 40.8 Å². The molecular formula is C16H20N2O4. The summed E-state index contributed by atoms with van der Waals surface area (Å²) in [5.41, 5.74) is -0.0602. The fraction of sp³-hybridized carbons (Fsp3) is 0.375. The van der Waals surface area contributed by atoms with Crippen LogP contribution in [0.5, 0.6) is 5.75 Å². The summed E-state index contributed by atoms with van der Waals surface area (Å²) < 4.78 is 12.0. The highest BCUT2D eigenvalue weighted by molar-refractivity contribution is 5.88. The predicted molar refractivity (Wildman–Crippen MR) is 84.3 cm³/mol. The molecular weight excluding hydrogens is 284 g/mol. The number of amides is 1. The van der Waals surface area contributed by atoms with Crippen LogP contribution in [0.2, 0.25) is 0 Å². The Morgan fingerprint density at radius 2 is 2.09 bits per heavy atom. The Bertz CT molecular complexity index is 709. The number of carbonyl (C=O) groups is 1. The van der Waals surface area contributed by atoms with E-state index in [2.05, 4.69) is 5.32 Å². The second-order valence-electron chi connectivity index (χ2n) is 4.76. The number of rotatable bonds is 7. The first kappa shape index (κ1) is 16.0. The van der Waals surface area contributed by atoms with E-state index in [1.54, 1.807) is 36.1 Å². The summed E-state index contributed by atoms with van der Waals surface area (Å²) in [5, 5.41) is 3.97. The minimum Gasteiger partial charge on any atom is -0.483 e. The number of ether oxygens (including phenoxy) is 2. The van der Waals surface area contributed by atoms with Crippen molar-refractivity contribution in [1.82, 2.24) is 9.88 Å². The molecule has 2 aromatic rings. The molecule has 0 aliphatic heterocycles. The number of methoxy groups -OCH3 is 1. The third-order valence-corrected chi connectivity index (χ3v) is 3.31. The SMILES string of the molecule is CCn1ccc2c(OCC(=O)NCCOC)cccc2c1=O. The van der Waals surface area contributed by atoms with Gasteiger partial charge < -0.3 is 19.4 Å². The molecule has 1 aromatic heterocycles. The second-order valence-corrected chi connectivity index (χ2v) is 4.76. The number of carbonyl (C=O) groups excluding carboxylic acids is 1. The van der Waals surface area contributed by atoms with Crippen molar-refractivity contribution in [2.24, 2.45) is 0 Å². The third kappa shape index (κ3) is 3.65. The fourth-order valence-corrected chi connectivity index (χ4v) is 2.15. The lowest BCUT2D eigenvalue weighted by Crippen LogP contribution is -2.31. The zero-order valence-corrected chi connectivity index (χ0v) is 12.8. The monoisotopic (exact) mass is 304 g/mol. The Hall–Kier alpha value is -2.34. The summed E-state index contributed by atoms with van der Waals surface area (Å²) in [6.45, 7) is 3.32. The van der Waals surface area contributed by atoms with Gasteiger partial charge in [-0.05, 0) is 25.1 Å². The van der Waals surface area contributed by atoms with Crippen molar-refractivity contribution in [1.29, 1.82) is 0 Å². The summed E-state index contributed by atoms with van der Waals surface area (Å²) in [7, 11) is 1.57. The molecule has 118 valence electrons. The normalized spacial score (nSPS) is 10.6. The number of hydrogen-bond acceptors (Lipinski definition) is 4. The molecule has 0 unspecified atom stereocenters. The van der Waals surface area contributed by atoms with E-state index >= 15 is 0 Å². The van der Waals surface area contributed by atoms with Gasteiger partial charge in [-0.2, -0.15) is 0 Å². The first-order chi connectivity index (χ1) is 10.7. The molecule has 1 heterocycles. The maximum atomic E-state index is 12.2. The molecule has 0 saturated carbocycles. The Kier molecular flexibility index (Phi) is 5.55. The quantitative estimate of drug-likeness (QED) is 0.779. The largest absolute Gasteiger partial charge is 0.483 e. The summed E-state index contributed by atoms with van der Waals surface area (Å²) in [4.78, 5) is 23.9. The molecule has 0 radical (unpaired) electrons. The number of pyridine rings is 1. The van der Waals surface area contributed by atoms with Crippen LogP contribution >= 0.6 is 0 Å². The molecule has 0 saturated heterocycles. The van der Waals surface area contributed by atoms with Gasteiger partial charge in [0.15, 0.2) is 6.61 Å². The Morgan fingerprint density at radius 1 is 1.27 bits per heavy atom. The number of aromatic nitrogens is 1. The highest BCUT2D eigenvalue weighted by Crippen LogP contribution is 2.22. The number of nitrogens with zero attached hydrogens (tertiary/aromatic N) is 1. The topological polar surface area (TPSA) is 69.6 Å². The number of benzene rings is 1. The average molecular weight is 304 g/mol. The van der Waals surface area contributed by atoms with Gasteiger partial charge in [-0.3, -0.25) is 9.59 Å². The van der Waals surface area contributed by atoms with E-state index in [-0.39, 0.29) is 18.1 Å². The standard InChI is InChI=1S/C16H20N2O4/c1-3-18-9-7-12-13(16(18)20)5-4-6-14(12)22-11-15(19)17-8-10-21-2/h4-7,9H,3,8,10-11H2,1-2H3,(H,17,19). The van der Waals surface area contributed by atoms with Crippen LogP contribution in [0.15, 0.2) is 35.3 Å². The minimum atomic E-state index is -0.226. The number of aryl methyl sites for hydroxylation is 1. The molecule has 0 aliphatic carbocycles. The van der Waals surface area contributed by atoms with Crippen LogP contribution in [-0.2, 0) is 16.1 Å². The van der Waals surface area contributed by atoms with Crippen molar-refractivity contribution in [3.8, 4) is 5.75 Å². The predicted octanol–water partition coefficient (Wildman–Crippen LogP) is 1.16. The lowest BCUT2D eigenvalue weighted by Gasteiger charge is -2.10. The minimum absolute atomic E-state index is 0.0602. The zero-order chi connectivity index (χ0) is 15.9. The van der Waals surface area contributed by atoms with Gasteiger partial charge in [-0.15, -0.1) is 0 Å². The van der Waals surface area contributed by atoms with E-state index in [9.17, 15) is 9.59 Å². The number of nitrogens with one attached hydrogen (secondary N) is 1. The van der Waals surface area contributed by atoms with Gasteiger partial charge in [0.2, 0.25) is 0 Å². The lowest BCUT2D eigenvalue weighted by molar-refractivity contribution is -0.123. The van der Waals surface area contributed by atoms with Crippen molar-refractivity contribution in [3.63, 3.8) is 0 Å². The Labute approximate surface area is 128 Å². The molecule has 6 heteroatoms. The maximum Gasteiger partial charge on any atom is 0.258 e. The van der Waals surface area contributed by atoms with E-state index in [4.69, 9.17) is 9.47 Å². The number of hydrogen-bond donors (Lipinski definition) is 1. The van der Waals surface area contributed by atoms with E-state index in [1.807, 2.05) is 13.0 Å².